The lowest BCUT2D eigenvalue weighted by molar-refractivity contribution is 0.249. The van der Waals surface area contributed by atoms with E-state index < -0.39 is 0 Å². The van der Waals surface area contributed by atoms with Crippen molar-refractivity contribution >= 4 is 11.7 Å². The van der Waals surface area contributed by atoms with Crippen LogP contribution < -0.4 is 10.6 Å². The van der Waals surface area contributed by atoms with Gasteiger partial charge in [-0.2, -0.15) is 0 Å². The van der Waals surface area contributed by atoms with Crippen LogP contribution in [0.3, 0.4) is 0 Å². The smallest absolute Gasteiger partial charge is 0.319 e. The van der Waals surface area contributed by atoms with Gasteiger partial charge in [-0.1, -0.05) is 36.4 Å². The van der Waals surface area contributed by atoms with Gasteiger partial charge in [-0.15, -0.1) is 10.2 Å². The summed E-state index contributed by atoms with van der Waals surface area (Å²) in [4.78, 5) is 12.5. The molecule has 0 unspecified atom stereocenters. The Bertz CT molecular complexity index is 908. The summed E-state index contributed by atoms with van der Waals surface area (Å²) in [5, 5.41) is 14.2. The Morgan fingerprint density at radius 2 is 1.81 bits per heavy atom. The molecule has 0 saturated heterocycles. The first-order valence-corrected chi connectivity index (χ1v) is 8.86. The Balaban J connectivity index is 1.48. The number of nitrogens with zero attached hydrogens (tertiary/aromatic N) is 3. The van der Waals surface area contributed by atoms with Crippen LogP contribution >= 0.6 is 0 Å². The molecule has 1 heterocycles. The number of rotatable bonds is 4. The zero-order chi connectivity index (χ0) is 17.9. The predicted molar refractivity (Wildman–Crippen MR) is 101 cm³/mol. The van der Waals surface area contributed by atoms with Gasteiger partial charge in [-0.25, -0.2) is 4.79 Å². The van der Waals surface area contributed by atoms with Crippen molar-refractivity contribution in [1.82, 2.24) is 20.1 Å². The molecule has 0 aliphatic heterocycles. The Hall–Kier alpha value is -3.15. The number of anilines is 1. The first-order chi connectivity index (χ1) is 12.7. The molecule has 132 valence electrons. The van der Waals surface area contributed by atoms with Crippen LogP contribution in [0, 0.1) is 0 Å². The number of para-hydroxylation sites is 1. The van der Waals surface area contributed by atoms with Crippen LogP contribution in [0.5, 0.6) is 0 Å². The van der Waals surface area contributed by atoms with E-state index in [1.54, 1.807) is 6.33 Å². The fourth-order valence-electron chi connectivity index (χ4n) is 3.49. The quantitative estimate of drug-likeness (QED) is 0.761. The van der Waals surface area contributed by atoms with Crippen molar-refractivity contribution in [2.24, 2.45) is 0 Å². The average molecular weight is 347 g/mol. The minimum absolute atomic E-state index is 0.124. The molecular formula is C20H21N5O. The molecule has 2 N–H and O–H groups in total. The second-order valence-corrected chi connectivity index (χ2v) is 6.46. The van der Waals surface area contributed by atoms with Crippen LogP contribution in [-0.4, -0.2) is 26.8 Å². The Kier molecular flexibility index (Phi) is 4.39. The number of fused-ring (bicyclic) bond motifs is 1. The third kappa shape index (κ3) is 3.18. The molecule has 1 aliphatic carbocycles. The van der Waals surface area contributed by atoms with E-state index in [4.69, 9.17) is 0 Å². The van der Waals surface area contributed by atoms with E-state index >= 15 is 0 Å². The standard InChI is InChI=1S/C20H21N5O/c1-2-25-13-21-24-19(25)17-9-5-6-10-18(17)23-20(26)22-16-11-14-7-3-4-8-15(14)12-16/h3-10,13,16H,2,11-12H2,1H3,(H2,22,23,26). The topological polar surface area (TPSA) is 71.8 Å². The summed E-state index contributed by atoms with van der Waals surface area (Å²) in [7, 11) is 0. The van der Waals surface area contributed by atoms with E-state index in [2.05, 4.69) is 33.0 Å². The number of hydrogen-bond acceptors (Lipinski definition) is 3. The van der Waals surface area contributed by atoms with Gasteiger partial charge in [0.15, 0.2) is 5.82 Å². The monoisotopic (exact) mass is 347 g/mol. The summed E-state index contributed by atoms with van der Waals surface area (Å²) < 4.78 is 1.95. The van der Waals surface area contributed by atoms with Crippen LogP contribution in [0.4, 0.5) is 10.5 Å². The van der Waals surface area contributed by atoms with Gasteiger partial charge < -0.3 is 15.2 Å². The molecule has 6 nitrogen and oxygen atoms in total. The number of carbonyl (C=O) groups excluding carboxylic acids is 1. The molecule has 0 atom stereocenters. The number of nitrogens with one attached hydrogen (secondary N) is 2. The van der Waals surface area contributed by atoms with Gasteiger partial charge in [0.2, 0.25) is 0 Å². The lowest BCUT2D eigenvalue weighted by Gasteiger charge is -2.15. The molecule has 0 radical (unpaired) electrons. The number of carbonyl (C=O) groups is 1. The van der Waals surface area contributed by atoms with Crippen molar-refractivity contribution in [3.8, 4) is 11.4 Å². The molecule has 0 spiro atoms. The largest absolute Gasteiger partial charge is 0.334 e. The second kappa shape index (κ2) is 7.00. The van der Waals surface area contributed by atoms with Crippen molar-refractivity contribution in [2.45, 2.75) is 32.4 Å². The maximum absolute atomic E-state index is 12.5. The van der Waals surface area contributed by atoms with Crippen molar-refractivity contribution in [3.63, 3.8) is 0 Å². The molecule has 1 aliphatic rings. The minimum atomic E-state index is -0.196. The SMILES string of the molecule is CCn1cnnc1-c1ccccc1NC(=O)NC1Cc2ccccc2C1. The zero-order valence-corrected chi connectivity index (χ0v) is 14.6. The Morgan fingerprint density at radius 3 is 2.54 bits per heavy atom. The number of urea groups is 1. The lowest BCUT2D eigenvalue weighted by Crippen LogP contribution is -2.38. The molecule has 1 aromatic heterocycles. The number of aromatic nitrogens is 3. The van der Waals surface area contributed by atoms with E-state index in [1.165, 1.54) is 11.1 Å². The van der Waals surface area contributed by atoms with Gasteiger partial charge in [0.25, 0.3) is 0 Å². The minimum Gasteiger partial charge on any atom is -0.334 e. The Labute approximate surface area is 152 Å². The van der Waals surface area contributed by atoms with Crippen LogP contribution in [0.25, 0.3) is 11.4 Å². The lowest BCUT2D eigenvalue weighted by atomic mass is 10.1. The van der Waals surface area contributed by atoms with E-state index in [9.17, 15) is 4.79 Å². The number of hydrogen-bond donors (Lipinski definition) is 2. The summed E-state index contributed by atoms with van der Waals surface area (Å²) in [6.45, 7) is 2.80. The van der Waals surface area contributed by atoms with Gasteiger partial charge in [0.1, 0.15) is 6.33 Å². The van der Waals surface area contributed by atoms with Crippen molar-refractivity contribution in [3.05, 3.63) is 66.0 Å². The molecule has 6 heteroatoms. The van der Waals surface area contributed by atoms with E-state index in [1.807, 2.05) is 47.9 Å². The summed E-state index contributed by atoms with van der Waals surface area (Å²) in [6, 6.07) is 15.9. The van der Waals surface area contributed by atoms with Gasteiger partial charge in [-0.05, 0) is 43.0 Å². The normalized spacial score (nSPS) is 13.4. The van der Waals surface area contributed by atoms with E-state index in [-0.39, 0.29) is 12.1 Å². The number of benzene rings is 2. The number of aryl methyl sites for hydroxylation is 1. The fraction of sp³-hybridized carbons (Fsp3) is 0.250. The number of amides is 2. The predicted octanol–water partition coefficient (Wildman–Crippen LogP) is 3.25. The fourth-order valence-corrected chi connectivity index (χ4v) is 3.49. The summed E-state index contributed by atoms with van der Waals surface area (Å²) in [5.74, 6) is 0.747. The van der Waals surface area contributed by atoms with Crippen LogP contribution in [0.2, 0.25) is 0 Å². The highest BCUT2D eigenvalue weighted by Crippen LogP contribution is 2.26. The van der Waals surface area contributed by atoms with Gasteiger partial charge in [0.05, 0.1) is 5.69 Å². The maximum Gasteiger partial charge on any atom is 0.319 e. The highest BCUT2D eigenvalue weighted by molar-refractivity contribution is 5.93. The molecular weight excluding hydrogens is 326 g/mol. The molecule has 0 saturated carbocycles. The van der Waals surface area contributed by atoms with Gasteiger partial charge >= 0.3 is 6.03 Å². The first-order valence-electron chi connectivity index (χ1n) is 8.86. The van der Waals surface area contributed by atoms with Crippen LogP contribution in [-0.2, 0) is 19.4 Å². The third-order valence-corrected chi connectivity index (χ3v) is 4.76. The zero-order valence-electron chi connectivity index (χ0n) is 14.6. The summed E-state index contributed by atoms with van der Waals surface area (Å²) in [5.41, 5.74) is 4.21. The van der Waals surface area contributed by atoms with Gasteiger partial charge in [-0.3, -0.25) is 0 Å². The van der Waals surface area contributed by atoms with Crippen molar-refractivity contribution < 1.29 is 4.79 Å². The molecule has 26 heavy (non-hydrogen) atoms. The molecule has 2 aromatic carbocycles. The van der Waals surface area contributed by atoms with Crippen molar-refractivity contribution in [1.29, 1.82) is 0 Å². The molecule has 0 fully saturated rings. The van der Waals surface area contributed by atoms with Crippen LogP contribution in [0.1, 0.15) is 18.1 Å². The van der Waals surface area contributed by atoms with E-state index in [0.717, 1.165) is 36.5 Å². The Morgan fingerprint density at radius 1 is 1.12 bits per heavy atom. The summed E-state index contributed by atoms with van der Waals surface area (Å²) in [6.07, 6.45) is 3.44. The third-order valence-electron chi connectivity index (χ3n) is 4.76. The molecule has 4 rings (SSSR count). The van der Waals surface area contributed by atoms with Crippen LogP contribution in [0.15, 0.2) is 54.9 Å². The molecule has 3 aromatic rings. The second-order valence-electron chi connectivity index (χ2n) is 6.46. The van der Waals surface area contributed by atoms with E-state index in [0.29, 0.717) is 0 Å². The molecule has 0 bridgehead atoms. The highest BCUT2D eigenvalue weighted by Gasteiger charge is 2.22. The van der Waals surface area contributed by atoms with Gasteiger partial charge in [0, 0.05) is 18.2 Å². The maximum atomic E-state index is 12.5. The summed E-state index contributed by atoms with van der Waals surface area (Å²) >= 11 is 0. The first kappa shape index (κ1) is 16.3. The molecule has 2 amide bonds. The van der Waals surface area contributed by atoms with Crippen molar-refractivity contribution in [2.75, 3.05) is 5.32 Å². The highest BCUT2D eigenvalue weighted by atomic mass is 16.2. The average Bonchev–Trinajstić information content (AvgIpc) is 3.27.